The van der Waals surface area contributed by atoms with Crippen LogP contribution in [-0.4, -0.2) is 35.8 Å². The first-order valence-corrected chi connectivity index (χ1v) is 9.44. The van der Waals surface area contributed by atoms with Gasteiger partial charge in [-0.25, -0.2) is 9.18 Å². The van der Waals surface area contributed by atoms with Crippen molar-refractivity contribution in [2.24, 2.45) is 5.92 Å². The number of halogens is 7. The number of carboxylic acid groups (broad SMARTS) is 1. The standard InChI is InChI=1S/C21H18F7NO3/c22-17-3-1-13(2-4-17)18-9-29(19(30)31)8-14(18)11-32-10-12-5-15(20(23,24)25)7-16(6-12)21(26,27)28/h1-7,14,18H,8-11H2,(H,30,31). The smallest absolute Gasteiger partial charge is 0.416 e. The second-order valence-corrected chi connectivity index (χ2v) is 7.53. The van der Waals surface area contributed by atoms with Crippen LogP contribution in [0.15, 0.2) is 42.5 Å². The summed E-state index contributed by atoms with van der Waals surface area (Å²) >= 11 is 0. The van der Waals surface area contributed by atoms with Gasteiger partial charge in [-0.3, -0.25) is 0 Å². The normalized spacial score (nSPS) is 19.4. The molecule has 1 N–H and O–H groups in total. The third-order valence-corrected chi connectivity index (χ3v) is 5.26. The molecule has 0 saturated carbocycles. The molecule has 0 aromatic heterocycles. The fraction of sp³-hybridized carbons (Fsp3) is 0.381. The Balaban J connectivity index is 1.75. The molecule has 1 aliphatic heterocycles. The molecule has 3 rings (SSSR count). The van der Waals surface area contributed by atoms with Gasteiger partial charge in [0.15, 0.2) is 0 Å². The highest BCUT2D eigenvalue weighted by atomic mass is 19.4. The molecule has 0 spiro atoms. The molecule has 1 aliphatic rings. The van der Waals surface area contributed by atoms with E-state index in [1.165, 1.54) is 24.3 Å². The number of benzene rings is 2. The van der Waals surface area contributed by atoms with Gasteiger partial charge in [-0.1, -0.05) is 12.1 Å². The molecule has 4 nitrogen and oxygen atoms in total. The third-order valence-electron chi connectivity index (χ3n) is 5.26. The van der Waals surface area contributed by atoms with Gasteiger partial charge in [-0.15, -0.1) is 0 Å². The van der Waals surface area contributed by atoms with Crippen molar-refractivity contribution in [1.29, 1.82) is 0 Å². The number of hydrogen-bond donors (Lipinski definition) is 1. The van der Waals surface area contributed by atoms with E-state index >= 15 is 0 Å². The van der Waals surface area contributed by atoms with Gasteiger partial charge < -0.3 is 14.7 Å². The summed E-state index contributed by atoms with van der Waals surface area (Å²) < 4.78 is 96.6. The zero-order valence-electron chi connectivity index (χ0n) is 16.4. The summed E-state index contributed by atoms with van der Waals surface area (Å²) in [6, 6.07) is 6.66. The monoisotopic (exact) mass is 465 g/mol. The number of amides is 1. The quantitative estimate of drug-likeness (QED) is 0.571. The third kappa shape index (κ3) is 5.70. The minimum Gasteiger partial charge on any atom is -0.465 e. The van der Waals surface area contributed by atoms with Crippen molar-refractivity contribution in [2.75, 3.05) is 19.7 Å². The van der Waals surface area contributed by atoms with E-state index < -0.39 is 47.9 Å². The molecular formula is C21H18F7NO3. The number of alkyl halides is 6. The molecule has 2 aromatic carbocycles. The highest BCUT2D eigenvalue weighted by molar-refractivity contribution is 5.65. The molecule has 1 heterocycles. The largest absolute Gasteiger partial charge is 0.465 e. The SMILES string of the molecule is O=C(O)N1CC(COCc2cc(C(F)(F)F)cc(C(F)(F)F)c2)C(c2ccc(F)cc2)C1. The fourth-order valence-corrected chi connectivity index (χ4v) is 3.71. The van der Waals surface area contributed by atoms with Crippen LogP contribution in [0.2, 0.25) is 0 Å². The molecule has 1 fully saturated rings. The first-order chi connectivity index (χ1) is 14.8. The summed E-state index contributed by atoms with van der Waals surface area (Å²) in [6.45, 7) is -0.458. The van der Waals surface area contributed by atoms with Crippen molar-refractivity contribution < 1.29 is 45.4 Å². The van der Waals surface area contributed by atoms with Crippen molar-refractivity contribution in [1.82, 2.24) is 4.90 Å². The summed E-state index contributed by atoms with van der Waals surface area (Å²) in [5.41, 5.74) is -2.53. The van der Waals surface area contributed by atoms with Gasteiger partial charge in [-0.05, 0) is 41.5 Å². The number of likely N-dealkylation sites (tertiary alicyclic amines) is 1. The van der Waals surface area contributed by atoms with Crippen molar-refractivity contribution in [3.05, 3.63) is 70.5 Å². The second-order valence-electron chi connectivity index (χ2n) is 7.53. The first-order valence-electron chi connectivity index (χ1n) is 9.44. The summed E-state index contributed by atoms with van der Waals surface area (Å²) in [4.78, 5) is 12.5. The van der Waals surface area contributed by atoms with Gasteiger partial charge in [0.2, 0.25) is 0 Å². The Hall–Kier alpha value is -2.82. The predicted octanol–water partition coefficient (Wildman–Crippen LogP) is 5.77. The molecule has 11 heteroatoms. The Morgan fingerprint density at radius 1 is 0.969 bits per heavy atom. The minimum atomic E-state index is -4.96. The van der Waals surface area contributed by atoms with E-state index in [1.807, 2.05) is 0 Å². The lowest BCUT2D eigenvalue weighted by atomic mass is 9.89. The van der Waals surface area contributed by atoms with Gasteiger partial charge in [0, 0.05) is 24.9 Å². The summed E-state index contributed by atoms with van der Waals surface area (Å²) in [6.07, 6.45) is -11.1. The highest BCUT2D eigenvalue weighted by Crippen LogP contribution is 2.37. The van der Waals surface area contributed by atoms with E-state index in [2.05, 4.69) is 0 Å². The van der Waals surface area contributed by atoms with Crippen LogP contribution in [0.3, 0.4) is 0 Å². The van der Waals surface area contributed by atoms with Crippen LogP contribution in [0.5, 0.6) is 0 Å². The van der Waals surface area contributed by atoms with Crippen LogP contribution in [0.4, 0.5) is 35.5 Å². The molecule has 32 heavy (non-hydrogen) atoms. The highest BCUT2D eigenvalue weighted by Gasteiger charge is 2.38. The van der Waals surface area contributed by atoms with Gasteiger partial charge >= 0.3 is 18.4 Å². The van der Waals surface area contributed by atoms with Crippen LogP contribution in [0, 0.1) is 11.7 Å². The Morgan fingerprint density at radius 3 is 2.03 bits per heavy atom. The molecule has 0 aliphatic carbocycles. The summed E-state index contributed by atoms with van der Waals surface area (Å²) in [5.74, 6) is -1.25. The molecular weight excluding hydrogens is 447 g/mol. The van der Waals surface area contributed by atoms with Crippen molar-refractivity contribution >= 4 is 6.09 Å². The minimum absolute atomic E-state index is 0.0375. The average Bonchev–Trinajstić information content (AvgIpc) is 3.11. The average molecular weight is 465 g/mol. The lowest BCUT2D eigenvalue weighted by Crippen LogP contribution is -2.27. The predicted molar refractivity (Wildman–Crippen MR) is 98.3 cm³/mol. The molecule has 2 atom stereocenters. The van der Waals surface area contributed by atoms with E-state index in [9.17, 15) is 40.6 Å². The van der Waals surface area contributed by atoms with Gasteiger partial charge in [0.05, 0.1) is 24.3 Å². The number of carbonyl (C=O) groups is 1. The Labute approximate surface area is 178 Å². The molecule has 2 aromatic rings. The molecule has 1 saturated heterocycles. The fourth-order valence-electron chi connectivity index (χ4n) is 3.71. The van der Waals surface area contributed by atoms with Crippen molar-refractivity contribution in [3.8, 4) is 0 Å². The maximum absolute atomic E-state index is 13.2. The van der Waals surface area contributed by atoms with Crippen LogP contribution >= 0.6 is 0 Å². The summed E-state index contributed by atoms with van der Waals surface area (Å²) in [5, 5.41) is 9.27. The van der Waals surface area contributed by atoms with E-state index in [-0.39, 0.29) is 37.2 Å². The Kier molecular flexibility index (Phi) is 6.68. The Bertz CT molecular complexity index is 925. The van der Waals surface area contributed by atoms with E-state index in [1.54, 1.807) is 0 Å². The summed E-state index contributed by atoms with van der Waals surface area (Å²) in [7, 11) is 0. The second kappa shape index (κ2) is 8.97. The van der Waals surface area contributed by atoms with Crippen LogP contribution < -0.4 is 0 Å². The van der Waals surface area contributed by atoms with Crippen molar-refractivity contribution in [3.63, 3.8) is 0 Å². The first kappa shape index (κ1) is 23.8. The van der Waals surface area contributed by atoms with E-state index in [0.717, 1.165) is 4.90 Å². The molecule has 0 radical (unpaired) electrons. The number of hydrogen-bond acceptors (Lipinski definition) is 2. The zero-order chi connectivity index (χ0) is 23.7. The molecule has 174 valence electrons. The van der Waals surface area contributed by atoms with Gasteiger partial charge in [0.1, 0.15) is 5.82 Å². The van der Waals surface area contributed by atoms with E-state index in [4.69, 9.17) is 4.74 Å². The van der Waals surface area contributed by atoms with Crippen LogP contribution in [0.25, 0.3) is 0 Å². The topological polar surface area (TPSA) is 49.8 Å². The Morgan fingerprint density at radius 2 is 1.53 bits per heavy atom. The molecule has 2 unspecified atom stereocenters. The maximum atomic E-state index is 13.2. The van der Waals surface area contributed by atoms with Gasteiger partial charge in [0.25, 0.3) is 0 Å². The lowest BCUT2D eigenvalue weighted by Gasteiger charge is -2.19. The zero-order valence-corrected chi connectivity index (χ0v) is 16.4. The lowest BCUT2D eigenvalue weighted by molar-refractivity contribution is -0.143. The number of nitrogens with zero attached hydrogens (tertiary/aromatic N) is 1. The number of ether oxygens (including phenoxy) is 1. The van der Waals surface area contributed by atoms with Crippen LogP contribution in [0.1, 0.15) is 28.2 Å². The van der Waals surface area contributed by atoms with Crippen molar-refractivity contribution in [2.45, 2.75) is 24.9 Å². The van der Waals surface area contributed by atoms with Gasteiger partial charge in [-0.2, -0.15) is 26.3 Å². The van der Waals surface area contributed by atoms with Crippen LogP contribution in [-0.2, 0) is 23.7 Å². The van der Waals surface area contributed by atoms with E-state index in [0.29, 0.717) is 17.7 Å². The molecule has 0 bridgehead atoms. The maximum Gasteiger partial charge on any atom is 0.416 e. The number of rotatable bonds is 5. The molecule has 1 amide bonds.